The number of benzene rings is 2. The largest absolute Gasteiger partial charge is 0.450 e. The molecule has 7 nitrogen and oxygen atoms in total. The van der Waals surface area contributed by atoms with Crippen LogP contribution in [-0.2, 0) is 9.53 Å². The van der Waals surface area contributed by atoms with Crippen molar-refractivity contribution in [1.29, 1.82) is 0 Å². The Hall–Kier alpha value is -3.48. The number of hydrogen-bond donors (Lipinski definition) is 1. The number of para-hydroxylation sites is 1. The van der Waals surface area contributed by atoms with Gasteiger partial charge in [-0.3, -0.25) is 4.79 Å². The van der Waals surface area contributed by atoms with Crippen molar-refractivity contribution >= 4 is 11.9 Å². The molecule has 1 saturated carbocycles. The fourth-order valence-electron chi connectivity index (χ4n) is 4.15. The van der Waals surface area contributed by atoms with E-state index in [9.17, 15) is 9.59 Å². The molecule has 1 fully saturated rings. The summed E-state index contributed by atoms with van der Waals surface area (Å²) in [5.74, 6) is 0.393. The van der Waals surface area contributed by atoms with Gasteiger partial charge in [0.05, 0.1) is 5.69 Å². The van der Waals surface area contributed by atoms with Crippen LogP contribution in [0.4, 0.5) is 0 Å². The minimum absolute atomic E-state index is 0.0832. The molecule has 7 heteroatoms. The molecule has 4 rings (SSSR count). The molecule has 166 valence electrons. The molecule has 0 bridgehead atoms. The fourth-order valence-corrected chi connectivity index (χ4v) is 4.15. The molecule has 0 aliphatic heterocycles. The first-order valence-corrected chi connectivity index (χ1v) is 11.1. The Labute approximate surface area is 187 Å². The number of ether oxygens (including phenoxy) is 1. The summed E-state index contributed by atoms with van der Waals surface area (Å²) >= 11 is 0. The maximum Gasteiger partial charge on any atom is 0.378 e. The van der Waals surface area contributed by atoms with E-state index in [2.05, 4.69) is 29.2 Å². The van der Waals surface area contributed by atoms with E-state index < -0.39 is 5.97 Å². The van der Waals surface area contributed by atoms with Crippen LogP contribution in [0.25, 0.3) is 17.1 Å². The molecule has 1 aromatic heterocycles. The maximum atomic E-state index is 12.6. The molecule has 0 unspecified atom stereocenters. The molecular weight excluding hydrogens is 404 g/mol. The summed E-state index contributed by atoms with van der Waals surface area (Å²) in [5.41, 5.74) is 1.59. The Balaban J connectivity index is 1.47. The van der Waals surface area contributed by atoms with E-state index in [-0.39, 0.29) is 24.4 Å². The van der Waals surface area contributed by atoms with Crippen LogP contribution in [-0.4, -0.2) is 39.3 Å². The summed E-state index contributed by atoms with van der Waals surface area (Å²) < 4.78 is 6.85. The van der Waals surface area contributed by atoms with Crippen molar-refractivity contribution in [2.45, 2.75) is 39.2 Å². The first-order chi connectivity index (χ1) is 15.5. The van der Waals surface area contributed by atoms with Gasteiger partial charge in [0, 0.05) is 11.6 Å². The Morgan fingerprint density at radius 1 is 1.03 bits per heavy atom. The Morgan fingerprint density at radius 2 is 1.72 bits per heavy atom. The third-order valence-electron chi connectivity index (χ3n) is 6.21. The van der Waals surface area contributed by atoms with Crippen LogP contribution < -0.4 is 5.32 Å². The molecule has 0 radical (unpaired) electrons. The highest BCUT2D eigenvalue weighted by Gasteiger charge is 2.28. The van der Waals surface area contributed by atoms with Crippen molar-refractivity contribution in [3.8, 4) is 17.1 Å². The predicted octanol–water partition coefficient (Wildman–Crippen LogP) is 4.03. The van der Waals surface area contributed by atoms with Crippen LogP contribution in [0, 0.1) is 11.8 Å². The van der Waals surface area contributed by atoms with Crippen LogP contribution in [0.2, 0.25) is 0 Å². The average Bonchev–Trinajstić information content (AvgIpc) is 3.27. The summed E-state index contributed by atoms with van der Waals surface area (Å²) in [7, 11) is 0. The van der Waals surface area contributed by atoms with Crippen molar-refractivity contribution in [3.05, 3.63) is 66.5 Å². The molecule has 3 aromatic rings. The van der Waals surface area contributed by atoms with E-state index in [0.717, 1.165) is 24.1 Å². The molecule has 1 N–H and O–H groups in total. The second-order valence-corrected chi connectivity index (χ2v) is 8.39. The lowest BCUT2D eigenvalue weighted by Crippen LogP contribution is -2.45. The zero-order valence-electron chi connectivity index (χ0n) is 18.4. The number of rotatable bonds is 6. The van der Waals surface area contributed by atoms with Crippen LogP contribution in [0.15, 0.2) is 60.7 Å². The monoisotopic (exact) mass is 432 g/mol. The lowest BCUT2D eigenvalue weighted by Gasteiger charge is -2.34. The number of hydrogen-bond acceptors (Lipinski definition) is 5. The lowest BCUT2D eigenvalue weighted by molar-refractivity contribution is -0.125. The summed E-state index contributed by atoms with van der Waals surface area (Å²) in [5, 5.41) is 7.38. The van der Waals surface area contributed by atoms with Gasteiger partial charge in [-0.2, -0.15) is 0 Å². The Kier molecular flexibility index (Phi) is 6.63. The SMILES string of the molecule is C[C@@H]1[C@H](C)CCC[C@H]1NC(=O)COC(=O)c1nc(-c2ccccc2)n(-c2ccccc2)n1. The van der Waals surface area contributed by atoms with Crippen molar-refractivity contribution in [2.24, 2.45) is 11.8 Å². The third-order valence-corrected chi connectivity index (χ3v) is 6.21. The average molecular weight is 433 g/mol. The topological polar surface area (TPSA) is 86.1 Å². The second kappa shape index (κ2) is 9.77. The molecule has 1 aliphatic carbocycles. The van der Waals surface area contributed by atoms with Crippen molar-refractivity contribution in [1.82, 2.24) is 20.1 Å². The number of esters is 1. The molecule has 2 aromatic carbocycles. The van der Waals surface area contributed by atoms with Crippen LogP contribution in [0.3, 0.4) is 0 Å². The van der Waals surface area contributed by atoms with Gasteiger partial charge in [0.15, 0.2) is 12.4 Å². The number of carbonyl (C=O) groups is 2. The van der Waals surface area contributed by atoms with E-state index in [1.807, 2.05) is 60.7 Å². The minimum Gasteiger partial charge on any atom is -0.450 e. The molecule has 3 atom stereocenters. The van der Waals surface area contributed by atoms with Crippen molar-refractivity contribution in [3.63, 3.8) is 0 Å². The summed E-state index contributed by atoms with van der Waals surface area (Å²) in [4.78, 5) is 29.4. The van der Waals surface area contributed by atoms with Crippen molar-refractivity contribution in [2.75, 3.05) is 6.61 Å². The van der Waals surface area contributed by atoms with Gasteiger partial charge in [0.25, 0.3) is 11.7 Å². The molecular formula is C25H28N4O3. The lowest BCUT2D eigenvalue weighted by atomic mass is 9.78. The van der Waals surface area contributed by atoms with E-state index in [1.54, 1.807) is 4.68 Å². The number of aromatic nitrogens is 3. The van der Waals surface area contributed by atoms with Gasteiger partial charge in [-0.1, -0.05) is 75.2 Å². The van der Waals surface area contributed by atoms with Crippen LogP contribution >= 0.6 is 0 Å². The second-order valence-electron chi connectivity index (χ2n) is 8.39. The minimum atomic E-state index is -0.725. The number of nitrogens with one attached hydrogen (secondary N) is 1. The van der Waals surface area contributed by atoms with Gasteiger partial charge in [-0.05, 0) is 30.4 Å². The van der Waals surface area contributed by atoms with Gasteiger partial charge in [-0.15, -0.1) is 5.10 Å². The number of nitrogens with zero attached hydrogens (tertiary/aromatic N) is 3. The first-order valence-electron chi connectivity index (χ1n) is 11.1. The van der Waals surface area contributed by atoms with E-state index in [0.29, 0.717) is 17.7 Å². The zero-order chi connectivity index (χ0) is 22.5. The molecule has 1 aliphatic rings. The number of carbonyl (C=O) groups excluding carboxylic acids is 2. The fraction of sp³-hybridized carbons (Fsp3) is 0.360. The van der Waals surface area contributed by atoms with Crippen LogP contribution in [0.5, 0.6) is 0 Å². The highest BCUT2D eigenvalue weighted by molar-refractivity contribution is 5.88. The third kappa shape index (κ3) is 4.88. The zero-order valence-corrected chi connectivity index (χ0v) is 18.4. The van der Waals surface area contributed by atoms with Gasteiger partial charge in [0.1, 0.15) is 0 Å². The Morgan fingerprint density at radius 3 is 2.44 bits per heavy atom. The first kappa shape index (κ1) is 21.7. The normalized spacial score (nSPS) is 20.5. The molecule has 0 spiro atoms. The molecule has 1 heterocycles. The van der Waals surface area contributed by atoms with E-state index in [4.69, 9.17) is 4.74 Å². The highest BCUT2D eigenvalue weighted by atomic mass is 16.5. The standard InChI is InChI=1S/C25H28N4O3/c1-17-10-9-15-21(18(17)2)26-22(30)16-32-25(31)23-27-24(19-11-5-3-6-12-19)29(28-23)20-13-7-4-8-14-20/h3-8,11-14,17-18,21H,9-10,15-16H2,1-2H3,(H,26,30)/t17-,18-,21-/m1/s1. The Bertz CT molecular complexity index is 1010. The van der Waals surface area contributed by atoms with Gasteiger partial charge in [0.2, 0.25) is 0 Å². The molecule has 1 amide bonds. The summed E-state index contributed by atoms with van der Waals surface area (Å²) in [6.45, 7) is 4.02. The van der Waals surface area contributed by atoms with Crippen molar-refractivity contribution < 1.29 is 14.3 Å². The van der Waals surface area contributed by atoms with Gasteiger partial charge >= 0.3 is 5.97 Å². The quantitative estimate of drug-likeness (QED) is 0.595. The predicted molar refractivity (Wildman–Crippen MR) is 121 cm³/mol. The highest BCUT2D eigenvalue weighted by Crippen LogP contribution is 2.29. The maximum absolute atomic E-state index is 12.6. The summed E-state index contributed by atoms with van der Waals surface area (Å²) in [6.07, 6.45) is 3.23. The molecule has 32 heavy (non-hydrogen) atoms. The smallest absolute Gasteiger partial charge is 0.378 e. The number of amides is 1. The summed E-state index contributed by atoms with van der Waals surface area (Å²) in [6, 6.07) is 19.1. The van der Waals surface area contributed by atoms with Gasteiger partial charge in [-0.25, -0.2) is 14.5 Å². The molecule has 0 saturated heterocycles. The van der Waals surface area contributed by atoms with E-state index in [1.165, 1.54) is 6.42 Å². The van der Waals surface area contributed by atoms with E-state index >= 15 is 0 Å². The van der Waals surface area contributed by atoms with Crippen LogP contribution in [0.1, 0.15) is 43.7 Å². The van der Waals surface area contributed by atoms with Gasteiger partial charge < -0.3 is 10.1 Å².